The highest BCUT2D eigenvalue weighted by atomic mass is 79.9. The summed E-state index contributed by atoms with van der Waals surface area (Å²) in [5.41, 5.74) is 1.00. The summed E-state index contributed by atoms with van der Waals surface area (Å²) in [7, 11) is 1.42. The Bertz CT molecular complexity index is 781. The van der Waals surface area contributed by atoms with Gasteiger partial charge >= 0.3 is 0 Å². The Morgan fingerprint density at radius 2 is 1.64 bits per heavy atom. The van der Waals surface area contributed by atoms with Crippen molar-refractivity contribution < 1.29 is 19.1 Å². The first kappa shape index (κ1) is 14.5. The third-order valence-electron chi connectivity index (χ3n) is 3.48. The zero-order valence-corrected chi connectivity index (χ0v) is 13.1. The van der Waals surface area contributed by atoms with E-state index in [1.165, 1.54) is 13.2 Å². The van der Waals surface area contributed by atoms with Crippen molar-refractivity contribution in [2.24, 2.45) is 0 Å². The van der Waals surface area contributed by atoms with Gasteiger partial charge in [0.25, 0.3) is 11.8 Å². The molecule has 0 atom stereocenters. The van der Waals surface area contributed by atoms with Crippen molar-refractivity contribution in [2.75, 3.05) is 12.0 Å². The van der Waals surface area contributed by atoms with Crippen molar-refractivity contribution in [3.05, 3.63) is 57.6 Å². The van der Waals surface area contributed by atoms with Crippen LogP contribution in [0.15, 0.2) is 40.9 Å². The molecule has 5 nitrogen and oxygen atoms in total. The van der Waals surface area contributed by atoms with Gasteiger partial charge in [0.2, 0.25) is 0 Å². The topological polar surface area (TPSA) is 63.7 Å². The standard InChI is InChI=1S/C16H10BrNO4/c1-22-14-11(8-19)13(7-6-12(14)17)18-15(20)9-4-2-3-5-10(9)16(18)21/h2-8H,1H3. The SMILES string of the molecule is COc1c(Br)ccc(N2C(=O)c3ccccc3C2=O)c1C=O. The Balaban J connectivity index is 2.20. The fraction of sp³-hybridized carbons (Fsp3) is 0.0625. The summed E-state index contributed by atoms with van der Waals surface area (Å²) in [6.07, 6.45) is 0.572. The lowest BCUT2D eigenvalue weighted by atomic mass is 10.1. The maximum absolute atomic E-state index is 12.5. The number of imide groups is 1. The van der Waals surface area contributed by atoms with Crippen LogP contribution in [0.3, 0.4) is 0 Å². The van der Waals surface area contributed by atoms with Crippen LogP contribution in [0.5, 0.6) is 5.75 Å². The Kier molecular flexibility index (Phi) is 3.54. The Labute approximate surface area is 134 Å². The molecule has 0 saturated heterocycles. The van der Waals surface area contributed by atoms with Crippen molar-refractivity contribution >= 4 is 39.7 Å². The van der Waals surface area contributed by atoms with Crippen LogP contribution < -0.4 is 9.64 Å². The van der Waals surface area contributed by atoms with Crippen molar-refractivity contribution in [2.45, 2.75) is 0 Å². The van der Waals surface area contributed by atoms with Gasteiger partial charge in [0, 0.05) is 0 Å². The second-order valence-electron chi connectivity index (χ2n) is 4.62. The first-order valence-corrected chi connectivity index (χ1v) is 7.19. The molecule has 22 heavy (non-hydrogen) atoms. The Morgan fingerprint density at radius 3 is 2.14 bits per heavy atom. The smallest absolute Gasteiger partial charge is 0.266 e. The van der Waals surface area contributed by atoms with E-state index < -0.39 is 11.8 Å². The van der Waals surface area contributed by atoms with E-state index in [0.717, 1.165) is 4.90 Å². The fourth-order valence-electron chi connectivity index (χ4n) is 2.49. The molecule has 2 amide bonds. The fourth-order valence-corrected chi connectivity index (χ4v) is 2.99. The number of ether oxygens (including phenoxy) is 1. The average molecular weight is 360 g/mol. The number of halogens is 1. The van der Waals surface area contributed by atoms with Gasteiger partial charge in [-0.25, -0.2) is 4.90 Å². The van der Waals surface area contributed by atoms with Crippen molar-refractivity contribution in [1.29, 1.82) is 0 Å². The minimum Gasteiger partial charge on any atom is -0.495 e. The van der Waals surface area contributed by atoms with E-state index in [1.807, 2.05) is 0 Å². The number of benzene rings is 2. The number of carbonyl (C=O) groups excluding carboxylic acids is 3. The van der Waals surface area contributed by atoms with Crippen LogP contribution in [0.25, 0.3) is 0 Å². The molecule has 1 heterocycles. The number of hydrogen-bond acceptors (Lipinski definition) is 4. The molecule has 2 aromatic rings. The van der Waals surface area contributed by atoms with Crippen molar-refractivity contribution in [3.63, 3.8) is 0 Å². The second-order valence-corrected chi connectivity index (χ2v) is 5.48. The highest BCUT2D eigenvalue weighted by Gasteiger charge is 2.38. The number of fused-ring (bicyclic) bond motifs is 1. The lowest BCUT2D eigenvalue weighted by Crippen LogP contribution is -2.30. The summed E-state index contributed by atoms with van der Waals surface area (Å²) in [6.45, 7) is 0. The zero-order valence-electron chi connectivity index (χ0n) is 11.5. The molecular formula is C16H10BrNO4. The summed E-state index contributed by atoms with van der Waals surface area (Å²) >= 11 is 3.28. The van der Waals surface area contributed by atoms with E-state index in [2.05, 4.69) is 15.9 Å². The van der Waals surface area contributed by atoms with Gasteiger partial charge in [-0.3, -0.25) is 14.4 Å². The summed E-state index contributed by atoms with van der Waals surface area (Å²) in [6, 6.07) is 9.73. The summed E-state index contributed by atoms with van der Waals surface area (Å²) in [5.74, 6) is -0.620. The number of amides is 2. The lowest BCUT2D eigenvalue weighted by molar-refractivity contribution is 0.0926. The molecule has 110 valence electrons. The highest BCUT2D eigenvalue weighted by molar-refractivity contribution is 9.10. The van der Waals surface area contributed by atoms with Gasteiger partial charge in [0.15, 0.2) is 6.29 Å². The van der Waals surface area contributed by atoms with Crippen molar-refractivity contribution in [3.8, 4) is 5.75 Å². The first-order chi connectivity index (χ1) is 10.6. The van der Waals surface area contributed by atoms with E-state index in [1.54, 1.807) is 30.3 Å². The Hall–Kier alpha value is -2.47. The van der Waals surface area contributed by atoms with E-state index in [4.69, 9.17) is 4.74 Å². The predicted octanol–water partition coefficient (Wildman–Crippen LogP) is 3.07. The van der Waals surface area contributed by atoms with Crippen LogP contribution in [0.4, 0.5) is 5.69 Å². The van der Waals surface area contributed by atoms with Crippen LogP contribution in [-0.2, 0) is 0 Å². The van der Waals surface area contributed by atoms with Crippen LogP contribution in [-0.4, -0.2) is 25.2 Å². The molecule has 0 aromatic heterocycles. The van der Waals surface area contributed by atoms with E-state index in [-0.39, 0.29) is 17.0 Å². The largest absolute Gasteiger partial charge is 0.495 e. The maximum Gasteiger partial charge on any atom is 0.266 e. The second kappa shape index (κ2) is 5.38. The van der Waals surface area contributed by atoms with Gasteiger partial charge in [-0.1, -0.05) is 12.1 Å². The molecule has 2 aromatic carbocycles. The quantitative estimate of drug-likeness (QED) is 0.624. The minimum absolute atomic E-state index is 0.145. The monoisotopic (exact) mass is 359 g/mol. The van der Waals surface area contributed by atoms with Crippen LogP contribution in [0.2, 0.25) is 0 Å². The first-order valence-electron chi connectivity index (χ1n) is 6.39. The van der Waals surface area contributed by atoms with Gasteiger partial charge < -0.3 is 4.74 Å². The number of methoxy groups -OCH3 is 1. The molecule has 6 heteroatoms. The van der Waals surface area contributed by atoms with Crippen LogP contribution in [0, 0.1) is 0 Å². The van der Waals surface area contributed by atoms with E-state index in [0.29, 0.717) is 21.9 Å². The molecular weight excluding hydrogens is 350 g/mol. The molecule has 0 N–H and O–H groups in total. The van der Waals surface area contributed by atoms with E-state index >= 15 is 0 Å². The highest BCUT2D eigenvalue weighted by Crippen LogP contribution is 2.38. The molecule has 1 aliphatic rings. The van der Waals surface area contributed by atoms with Gasteiger partial charge in [-0.05, 0) is 40.2 Å². The van der Waals surface area contributed by atoms with Gasteiger partial charge in [-0.15, -0.1) is 0 Å². The molecule has 0 unspecified atom stereocenters. The molecule has 0 bridgehead atoms. The molecule has 0 radical (unpaired) electrons. The Morgan fingerprint density at radius 1 is 1.05 bits per heavy atom. The van der Waals surface area contributed by atoms with Gasteiger partial charge in [0.1, 0.15) is 5.75 Å². The minimum atomic E-state index is -0.451. The molecule has 1 aliphatic heterocycles. The third kappa shape index (κ3) is 1.95. The lowest BCUT2D eigenvalue weighted by Gasteiger charge is -2.18. The summed E-state index contributed by atoms with van der Waals surface area (Å²) < 4.78 is 5.75. The molecule has 0 saturated carbocycles. The third-order valence-corrected chi connectivity index (χ3v) is 4.11. The van der Waals surface area contributed by atoms with Gasteiger partial charge in [0.05, 0.1) is 34.0 Å². The summed E-state index contributed by atoms with van der Waals surface area (Å²) in [4.78, 5) is 37.4. The van der Waals surface area contributed by atoms with Crippen LogP contribution in [0.1, 0.15) is 31.1 Å². The van der Waals surface area contributed by atoms with E-state index in [9.17, 15) is 14.4 Å². The molecule has 0 spiro atoms. The predicted molar refractivity (Wildman–Crippen MR) is 83.7 cm³/mol. The van der Waals surface area contributed by atoms with Gasteiger partial charge in [-0.2, -0.15) is 0 Å². The number of aldehydes is 1. The normalized spacial score (nSPS) is 13.3. The number of nitrogens with zero attached hydrogens (tertiary/aromatic N) is 1. The molecule has 0 aliphatic carbocycles. The summed E-state index contributed by atoms with van der Waals surface area (Å²) in [5, 5.41) is 0. The maximum atomic E-state index is 12.5. The number of hydrogen-bond donors (Lipinski definition) is 0. The van der Waals surface area contributed by atoms with Crippen molar-refractivity contribution in [1.82, 2.24) is 0 Å². The van der Waals surface area contributed by atoms with Crippen LogP contribution >= 0.6 is 15.9 Å². The number of carbonyl (C=O) groups is 3. The number of rotatable bonds is 3. The average Bonchev–Trinajstić information content (AvgIpc) is 2.79. The molecule has 3 rings (SSSR count). The zero-order chi connectivity index (χ0) is 15.9. The molecule has 0 fully saturated rings. The number of anilines is 1.